The Hall–Kier alpha value is -1.51. The van der Waals surface area contributed by atoms with E-state index in [1.165, 1.54) is 30.6 Å². The highest BCUT2D eigenvalue weighted by atomic mass is 32.1. The number of thiazole rings is 1. The molecule has 1 saturated heterocycles. The molecule has 2 amide bonds. The van der Waals surface area contributed by atoms with E-state index < -0.39 is 0 Å². The molecule has 2 aliphatic rings. The molecule has 138 valence electrons. The lowest BCUT2D eigenvalue weighted by atomic mass is 9.95. The van der Waals surface area contributed by atoms with Crippen molar-refractivity contribution < 1.29 is 9.59 Å². The number of carbonyl (C=O) groups excluding carboxylic acids is 2. The van der Waals surface area contributed by atoms with Gasteiger partial charge in [0.25, 0.3) is 5.91 Å². The summed E-state index contributed by atoms with van der Waals surface area (Å²) in [5.41, 5.74) is 6.03. The van der Waals surface area contributed by atoms with Crippen LogP contribution in [0.2, 0.25) is 0 Å². The van der Waals surface area contributed by atoms with E-state index >= 15 is 0 Å². The molecule has 3 N–H and O–H groups in total. The van der Waals surface area contributed by atoms with E-state index in [1.54, 1.807) is 5.38 Å². The van der Waals surface area contributed by atoms with Crippen LogP contribution in [0.4, 0.5) is 0 Å². The molecule has 1 aromatic heterocycles. The fourth-order valence-electron chi connectivity index (χ4n) is 3.50. The van der Waals surface area contributed by atoms with Crippen LogP contribution < -0.4 is 11.1 Å². The van der Waals surface area contributed by atoms with E-state index in [9.17, 15) is 9.59 Å². The molecular weight excluding hydrogens is 338 g/mol. The van der Waals surface area contributed by atoms with Gasteiger partial charge in [0.2, 0.25) is 5.91 Å². The summed E-state index contributed by atoms with van der Waals surface area (Å²) in [6.45, 7) is 3.49. The number of hydrogen-bond acceptors (Lipinski definition) is 6. The lowest BCUT2D eigenvalue weighted by Crippen LogP contribution is -2.52. The Balaban J connectivity index is 1.42. The molecule has 2 heterocycles. The van der Waals surface area contributed by atoms with Crippen LogP contribution in [0.1, 0.15) is 47.6 Å². The smallest absolute Gasteiger partial charge is 0.273 e. The van der Waals surface area contributed by atoms with Gasteiger partial charge in [-0.15, -0.1) is 11.3 Å². The molecule has 1 aliphatic carbocycles. The van der Waals surface area contributed by atoms with E-state index in [4.69, 9.17) is 5.73 Å². The predicted molar refractivity (Wildman–Crippen MR) is 97.4 cm³/mol. The molecule has 1 aliphatic heterocycles. The van der Waals surface area contributed by atoms with E-state index in [1.807, 2.05) is 4.90 Å². The maximum absolute atomic E-state index is 12.5. The number of aromatic nitrogens is 1. The summed E-state index contributed by atoms with van der Waals surface area (Å²) in [5.74, 6) is 0.0704. The van der Waals surface area contributed by atoms with Crippen LogP contribution in [0.5, 0.6) is 0 Å². The van der Waals surface area contributed by atoms with Gasteiger partial charge in [0.1, 0.15) is 10.7 Å². The molecule has 2 fully saturated rings. The minimum Gasteiger partial charge on any atom is -0.352 e. The van der Waals surface area contributed by atoms with Gasteiger partial charge in [-0.25, -0.2) is 4.98 Å². The Bertz CT molecular complexity index is 592. The molecular formula is C17H27N5O2S. The highest BCUT2D eigenvalue weighted by Crippen LogP contribution is 2.17. The van der Waals surface area contributed by atoms with Crippen molar-refractivity contribution >= 4 is 23.2 Å². The largest absolute Gasteiger partial charge is 0.352 e. The van der Waals surface area contributed by atoms with Gasteiger partial charge in [-0.2, -0.15) is 0 Å². The number of piperazine rings is 1. The first-order valence-electron chi connectivity index (χ1n) is 9.11. The number of nitrogens with two attached hydrogens (primary N) is 1. The van der Waals surface area contributed by atoms with Gasteiger partial charge < -0.3 is 16.0 Å². The molecule has 0 spiro atoms. The second kappa shape index (κ2) is 8.73. The van der Waals surface area contributed by atoms with Crippen molar-refractivity contribution in [2.24, 2.45) is 5.73 Å². The summed E-state index contributed by atoms with van der Waals surface area (Å²) in [6.07, 6.45) is 5.93. The maximum atomic E-state index is 12.5. The third kappa shape index (κ3) is 4.99. The highest BCUT2D eigenvalue weighted by Gasteiger charge is 2.25. The first kappa shape index (κ1) is 18.3. The number of rotatable bonds is 5. The number of hydrogen-bond donors (Lipinski definition) is 2. The first-order valence-corrected chi connectivity index (χ1v) is 9.99. The zero-order valence-electron chi connectivity index (χ0n) is 14.6. The van der Waals surface area contributed by atoms with Gasteiger partial charge >= 0.3 is 0 Å². The minimum atomic E-state index is -0.0396. The van der Waals surface area contributed by atoms with Gasteiger partial charge in [0.05, 0.1) is 6.54 Å². The molecule has 8 heteroatoms. The molecule has 25 heavy (non-hydrogen) atoms. The van der Waals surface area contributed by atoms with Gasteiger partial charge in [-0.3, -0.25) is 14.5 Å². The average molecular weight is 366 g/mol. The van der Waals surface area contributed by atoms with Crippen LogP contribution in [0, 0.1) is 0 Å². The zero-order chi connectivity index (χ0) is 17.6. The lowest BCUT2D eigenvalue weighted by Gasteiger charge is -2.34. The van der Waals surface area contributed by atoms with Crippen molar-refractivity contribution in [2.45, 2.75) is 44.7 Å². The Labute approximate surface area is 152 Å². The zero-order valence-corrected chi connectivity index (χ0v) is 15.4. The summed E-state index contributed by atoms with van der Waals surface area (Å²) < 4.78 is 0. The average Bonchev–Trinajstić information content (AvgIpc) is 3.12. The Morgan fingerprint density at radius 3 is 2.56 bits per heavy atom. The molecule has 1 aromatic rings. The topological polar surface area (TPSA) is 91.6 Å². The first-order chi connectivity index (χ1) is 12.2. The predicted octanol–water partition coefficient (Wildman–Crippen LogP) is 0.808. The van der Waals surface area contributed by atoms with E-state index in [0.717, 1.165) is 30.9 Å². The monoisotopic (exact) mass is 365 g/mol. The van der Waals surface area contributed by atoms with Gasteiger partial charge in [-0.05, 0) is 12.8 Å². The summed E-state index contributed by atoms with van der Waals surface area (Å²) in [4.78, 5) is 32.8. The molecule has 0 atom stereocenters. The summed E-state index contributed by atoms with van der Waals surface area (Å²) in [5, 5.41) is 5.70. The van der Waals surface area contributed by atoms with Gasteiger partial charge in [-0.1, -0.05) is 19.3 Å². The van der Waals surface area contributed by atoms with Crippen LogP contribution in [0.25, 0.3) is 0 Å². The number of carbonyl (C=O) groups is 2. The third-order valence-electron chi connectivity index (χ3n) is 4.94. The van der Waals surface area contributed by atoms with Crippen LogP contribution in [-0.4, -0.2) is 65.4 Å². The van der Waals surface area contributed by atoms with Crippen molar-refractivity contribution in [1.29, 1.82) is 0 Å². The fraction of sp³-hybridized carbons (Fsp3) is 0.706. The van der Waals surface area contributed by atoms with E-state index in [0.29, 0.717) is 37.9 Å². The minimum absolute atomic E-state index is 0.0396. The molecule has 1 saturated carbocycles. The number of nitrogens with zero attached hydrogens (tertiary/aromatic N) is 3. The van der Waals surface area contributed by atoms with E-state index in [2.05, 4.69) is 15.2 Å². The Morgan fingerprint density at radius 2 is 1.92 bits per heavy atom. The van der Waals surface area contributed by atoms with Gasteiger partial charge in [0.15, 0.2) is 0 Å². The summed E-state index contributed by atoms with van der Waals surface area (Å²) >= 11 is 1.42. The van der Waals surface area contributed by atoms with Crippen LogP contribution in [-0.2, 0) is 11.3 Å². The van der Waals surface area contributed by atoms with Crippen molar-refractivity contribution in [3.8, 4) is 0 Å². The maximum Gasteiger partial charge on any atom is 0.273 e. The van der Waals surface area contributed by atoms with Crippen LogP contribution >= 0.6 is 11.3 Å². The molecule has 3 rings (SSSR count). The molecule has 7 nitrogen and oxygen atoms in total. The van der Waals surface area contributed by atoms with Crippen molar-refractivity contribution in [2.75, 3.05) is 32.7 Å². The Morgan fingerprint density at radius 1 is 1.20 bits per heavy atom. The van der Waals surface area contributed by atoms with Crippen LogP contribution in [0.3, 0.4) is 0 Å². The fourth-order valence-corrected chi connectivity index (χ4v) is 4.15. The molecule has 0 radical (unpaired) electrons. The lowest BCUT2D eigenvalue weighted by molar-refractivity contribution is -0.123. The van der Waals surface area contributed by atoms with Crippen molar-refractivity contribution in [1.82, 2.24) is 20.1 Å². The molecule has 0 bridgehead atoms. The normalized spacial score (nSPS) is 19.8. The second-order valence-electron chi connectivity index (χ2n) is 6.80. The Kier molecular flexibility index (Phi) is 6.39. The standard InChI is InChI=1S/C17H27N5O2S/c18-10-16-20-14(12-25-16)17(24)22-8-6-21(7-9-22)11-15(23)19-13-4-2-1-3-5-13/h12-13H,1-11,18H2,(H,19,23). The summed E-state index contributed by atoms with van der Waals surface area (Å²) in [6, 6.07) is 0.352. The number of amides is 2. The quantitative estimate of drug-likeness (QED) is 0.806. The molecule has 0 aromatic carbocycles. The SMILES string of the molecule is NCc1nc(C(=O)N2CCN(CC(=O)NC3CCCCC3)CC2)cs1. The number of nitrogens with one attached hydrogen (secondary N) is 1. The van der Waals surface area contributed by atoms with Crippen LogP contribution in [0.15, 0.2) is 5.38 Å². The van der Waals surface area contributed by atoms with Crippen molar-refractivity contribution in [3.63, 3.8) is 0 Å². The van der Waals surface area contributed by atoms with Crippen molar-refractivity contribution in [3.05, 3.63) is 16.1 Å². The molecule has 0 unspecified atom stereocenters. The third-order valence-corrected chi connectivity index (χ3v) is 5.81. The van der Waals surface area contributed by atoms with E-state index in [-0.39, 0.29) is 11.8 Å². The summed E-state index contributed by atoms with van der Waals surface area (Å²) in [7, 11) is 0. The second-order valence-corrected chi connectivity index (χ2v) is 7.74. The highest BCUT2D eigenvalue weighted by molar-refractivity contribution is 7.09. The van der Waals surface area contributed by atoms with Gasteiger partial charge in [0, 0.05) is 44.1 Å².